The van der Waals surface area contributed by atoms with Crippen LogP contribution >= 0.6 is 11.3 Å². The van der Waals surface area contributed by atoms with E-state index in [-0.39, 0.29) is 0 Å². The Hall–Kier alpha value is -8.00. The lowest BCUT2D eigenvalue weighted by Gasteiger charge is -2.15. The van der Waals surface area contributed by atoms with Crippen LogP contribution in [0.3, 0.4) is 0 Å². The van der Waals surface area contributed by atoms with Gasteiger partial charge in [0.1, 0.15) is 5.69 Å². The van der Waals surface area contributed by atoms with Crippen molar-refractivity contribution in [1.82, 2.24) is 29.1 Å². The van der Waals surface area contributed by atoms with Crippen molar-refractivity contribution >= 4 is 119 Å². The zero-order chi connectivity index (χ0) is 39.8. The average molecular weight is 795 g/mol. The van der Waals surface area contributed by atoms with Crippen LogP contribution in [0.2, 0.25) is 0 Å². The zero-order valence-electron chi connectivity index (χ0n) is 32.4. The highest BCUT2D eigenvalue weighted by atomic mass is 32.1. The summed E-state index contributed by atoms with van der Waals surface area (Å²) in [5, 5.41) is 13.2. The van der Waals surface area contributed by atoms with E-state index in [2.05, 4.69) is 155 Å². The molecule has 6 nitrogen and oxygen atoms in total. The standard InChI is InChI=1S/C54H30N6S/c1-3-15-34-31(13-1)25-28-40-48-38-18-5-4-17-37(38)47-39-19-7-12-24-45(39)60(50(47)52(48)61-51(34)40)53-49(56-42-21-9-10-22-43(42)57-53)32-26-27-36-35-16-6-11-23-44(35)59(46(36)29-32)54-55-30-33-14-2-8-20-41(33)58-54/h1-30H. The normalized spacial score (nSPS) is 12.3. The van der Waals surface area contributed by atoms with Gasteiger partial charge in [-0.05, 0) is 57.9 Å². The third-order valence-electron chi connectivity index (χ3n) is 12.5. The van der Waals surface area contributed by atoms with Gasteiger partial charge in [0.25, 0.3) is 0 Å². The predicted molar refractivity (Wildman–Crippen MR) is 255 cm³/mol. The summed E-state index contributed by atoms with van der Waals surface area (Å²) >= 11 is 1.88. The molecule has 0 radical (unpaired) electrons. The van der Waals surface area contributed by atoms with E-state index in [1.807, 2.05) is 47.9 Å². The molecular weight excluding hydrogens is 765 g/mol. The quantitative estimate of drug-likeness (QED) is 0.179. The van der Waals surface area contributed by atoms with Gasteiger partial charge >= 0.3 is 0 Å². The summed E-state index contributed by atoms with van der Waals surface area (Å²) in [4.78, 5) is 21.2. The summed E-state index contributed by atoms with van der Waals surface area (Å²) in [5.74, 6) is 1.41. The molecule has 0 bridgehead atoms. The van der Waals surface area contributed by atoms with Crippen LogP contribution in [0.5, 0.6) is 0 Å². The van der Waals surface area contributed by atoms with E-state index in [1.54, 1.807) is 0 Å². The maximum atomic E-state index is 5.60. The Morgan fingerprint density at radius 3 is 1.82 bits per heavy atom. The fourth-order valence-corrected chi connectivity index (χ4v) is 11.3. The van der Waals surface area contributed by atoms with Crippen molar-refractivity contribution in [2.24, 2.45) is 0 Å². The molecule has 0 aliphatic carbocycles. The number of hydrogen-bond acceptors (Lipinski definition) is 5. The van der Waals surface area contributed by atoms with Gasteiger partial charge in [-0.2, -0.15) is 0 Å². The third kappa shape index (κ3) is 4.55. The van der Waals surface area contributed by atoms with E-state index in [1.165, 1.54) is 52.5 Å². The molecule has 0 aliphatic rings. The first-order valence-corrected chi connectivity index (χ1v) is 21.3. The molecule has 14 rings (SSSR count). The lowest BCUT2D eigenvalue weighted by Crippen LogP contribution is -2.04. The monoisotopic (exact) mass is 794 g/mol. The molecule has 0 amide bonds. The number of thiophene rings is 1. The van der Waals surface area contributed by atoms with E-state index >= 15 is 0 Å². The number of rotatable bonds is 3. The van der Waals surface area contributed by atoms with Crippen molar-refractivity contribution in [3.63, 3.8) is 0 Å². The Morgan fingerprint density at radius 2 is 1.00 bits per heavy atom. The Kier molecular flexibility index (Phi) is 6.62. The lowest BCUT2D eigenvalue weighted by molar-refractivity contribution is 1.01. The first kappa shape index (κ1) is 32.9. The highest BCUT2D eigenvalue weighted by Gasteiger charge is 2.26. The van der Waals surface area contributed by atoms with Gasteiger partial charge in [0.05, 0.1) is 43.3 Å². The van der Waals surface area contributed by atoms with Crippen molar-refractivity contribution in [3.05, 3.63) is 182 Å². The van der Waals surface area contributed by atoms with Gasteiger partial charge in [0.2, 0.25) is 5.95 Å². The molecule has 0 spiro atoms. The molecule has 5 heterocycles. The van der Waals surface area contributed by atoms with Crippen molar-refractivity contribution in [2.75, 3.05) is 0 Å². The second-order valence-electron chi connectivity index (χ2n) is 15.8. The minimum absolute atomic E-state index is 0.626. The summed E-state index contributed by atoms with van der Waals surface area (Å²) < 4.78 is 7.12. The van der Waals surface area contributed by atoms with Crippen LogP contribution in [-0.4, -0.2) is 29.1 Å². The second kappa shape index (κ2) is 12.3. The van der Waals surface area contributed by atoms with E-state index in [9.17, 15) is 0 Å². The molecule has 0 fully saturated rings. The highest BCUT2D eigenvalue weighted by Crippen LogP contribution is 2.50. The topological polar surface area (TPSA) is 61.4 Å². The van der Waals surface area contributed by atoms with Gasteiger partial charge in [-0.3, -0.25) is 9.13 Å². The Balaban J connectivity index is 1.14. The second-order valence-corrected chi connectivity index (χ2v) is 16.8. The zero-order valence-corrected chi connectivity index (χ0v) is 33.2. The molecule has 14 aromatic rings. The summed E-state index contributed by atoms with van der Waals surface area (Å²) in [5.41, 5.74) is 8.61. The summed E-state index contributed by atoms with van der Waals surface area (Å²) in [7, 11) is 0. The Bertz CT molecular complexity index is 4190. The smallest absolute Gasteiger partial charge is 0.235 e. The Morgan fingerprint density at radius 1 is 0.393 bits per heavy atom. The van der Waals surface area contributed by atoms with Crippen LogP contribution in [0.15, 0.2) is 182 Å². The predicted octanol–water partition coefficient (Wildman–Crippen LogP) is 14.1. The van der Waals surface area contributed by atoms with Gasteiger partial charge in [-0.15, -0.1) is 11.3 Å². The fraction of sp³-hybridized carbons (Fsp3) is 0. The molecule has 9 aromatic carbocycles. The molecule has 0 atom stereocenters. The van der Waals surface area contributed by atoms with Crippen molar-refractivity contribution < 1.29 is 0 Å². The van der Waals surface area contributed by atoms with Gasteiger partial charge < -0.3 is 0 Å². The summed E-state index contributed by atoms with van der Waals surface area (Å²) in [6.45, 7) is 0. The van der Waals surface area contributed by atoms with Crippen LogP contribution in [0.25, 0.3) is 130 Å². The number of aromatic nitrogens is 6. The number of hydrogen-bond donors (Lipinski definition) is 0. The molecular formula is C54H30N6S. The van der Waals surface area contributed by atoms with Crippen molar-refractivity contribution in [2.45, 2.75) is 0 Å². The lowest BCUT2D eigenvalue weighted by atomic mass is 9.98. The first-order valence-electron chi connectivity index (χ1n) is 20.5. The van der Waals surface area contributed by atoms with Crippen LogP contribution in [0, 0.1) is 0 Å². The maximum Gasteiger partial charge on any atom is 0.235 e. The SMILES string of the molecule is c1ccc2nc(-n3c4ccccc4c4ccc(-c5nc6ccccc6nc5-n5c6ccccc6c6c7ccccc7c7c8ccc9ccccc9c8sc7c65)cc43)ncc2c1. The number of para-hydroxylation sites is 5. The molecule has 0 aliphatic heterocycles. The molecule has 7 heteroatoms. The largest absolute Gasteiger partial charge is 0.290 e. The van der Waals surface area contributed by atoms with E-state index in [0.29, 0.717) is 5.95 Å². The minimum atomic E-state index is 0.626. The molecule has 0 unspecified atom stereocenters. The van der Waals surface area contributed by atoms with Gasteiger partial charge in [-0.25, -0.2) is 19.9 Å². The van der Waals surface area contributed by atoms with Gasteiger partial charge in [0.15, 0.2) is 5.82 Å². The third-order valence-corrected chi connectivity index (χ3v) is 13.8. The molecule has 61 heavy (non-hydrogen) atoms. The van der Waals surface area contributed by atoms with Crippen LogP contribution < -0.4 is 0 Å². The van der Waals surface area contributed by atoms with E-state index in [4.69, 9.17) is 19.9 Å². The highest BCUT2D eigenvalue weighted by molar-refractivity contribution is 7.27. The number of benzene rings is 9. The average Bonchev–Trinajstić information content (AvgIpc) is 3.99. The van der Waals surface area contributed by atoms with Crippen LogP contribution in [0.1, 0.15) is 0 Å². The fourth-order valence-electron chi connectivity index (χ4n) is 9.87. The van der Waals surface area contributed by atoms with Gasteiger partial charge in [-0.1, -0.05) is 140 Å². The van der Waals surface area contributed by atoms with E-state index in [0.717, 1.165) is 71.9 Å². The Labute approximate surface area is 351 Å². The number of nitrogens with zero attached hydrogens (tertiary/aromatic N) is 6. The first-order chi connectivity index (χ1) is 30.3. The maximum absolute atomic E-state index is 5.60. The molecule has 282 valence electrons. The van der Waals surface area contributed by atoms with Crippen LogP contribution in [0.4, 0.5) is 0 Å². The summed E-state index contributed by atoms with van der Waals surface area (Å²) in [6.07, 6.45) is 1.92. The van der Waals surface area contributed by atoms with Crippen molar-refractivity contribution in [1.29, 1.82) is 0 Å². The van der Waals surface area contributed by atoms with Crippen LogP contribution in [-0.2, 0) is 0 Å². The summed E-state index contributed by atoms with van der Waals surface area (Å²) in [6, 6.07) is 62.5. The molecule has 5 aromatic heterocycles. The van der Waals surface area contributed by atoms with E-state index < -0.39 is 0 Å². The van der Waals surface area contributed by atoms with Crippen molar-refractivity contribution in [3.8, 4) is 23.0 Å². The van der Waals surface area contributed by atoms with Gasteiger partial charge in [0, 0.05) is 54.2 Å². The molecule has 0 saturated heterocycles. The molecule has 0 N–H and O–H groups in total. The minimum Gasteiger partial charge on any atom is -0.290 e. The number of fused-ring (bicyclic) bond motifs is 17. The molecule has 0 saturated carbocycles.